The Morgan fingerprint density at radius 1 is 1.26 bits per heavy atom. The Kier molecular flexibility index (Phi) is 5.88. The van der Waals surface area contributed by atoms with E-state index in [0.717, 1.165) is 24.0 Å². The molecule has 144 valence electrons. The van der Waals surface area contributed by atoms with Crippen LogP contribution in [0.3, 0.4) is 0 Å². The van der Waals surface area contributed by atoms with Crippen molar-refractivity contribution in [3.05, 3.63) is 53.6 Å². The summed E-state index contributed by atoms with van der Waals surface area (Å²) in [6.45, 7) is 1.61. The number of carbonyl (C=O) groups excluding carboxylic acids is 2. The topological polar surface area (TPSA) is 58.4 Å². The SMILES string of the molecule is CN(Cc1cnn(C)c1)C(=O)[C@@H]1CCCN(C(=O)Cc2ccc(F)cc2)C1. The van der Waals surface area contributed by atoms with Crippen molar-refractivity contribution in [3.63, 3.8) is 0 Å². The van der Waals surface area contributed by atoms with E-state index in [9.17, 15) is 14.0 Å². The van der Waals surface area contributed by atoms with Gasteiger partial charge in [0.2, 0.25) is 11.8 Å². The van der Waals surface area contributed by atoms with Crippen LogP contribution < -0.4 is 0 Å². The molecule has 1 aliphatic rings. The minimum atomic E-state index is -0.313. The van der Waals surface area contributed by atoms with E-state index in [0.29, 0.717) is 19.6 Å². The molecule has 1 atom stereocenters. The number of rotatable bonds is 5. The van der Waals surface area contributed by atoms with Crippen molar-refractivity contribution in [2.45, 2.75) is 25.8 Å². The second-order valence-electron chi connectivity index (χ2n) is 7.20. The molecular weight excluding hydrogens is 347 g/mol. The fourth-order valence-electron chi connectivity index (χ4n) is 3.51. The monoisotopic (exact) mass is 372 g/mol. The number of nitrogens with zero attached hydrogens (tertiary/aromatic N) is 4. The molecule has 7 heteroatoms. The van der Waals surface area contributed by atoms with Gasteiger partial charge in [-0.25, -0.2) is 4.39 Å². The van der Waals surface area contributed by atoms with Gasteiger partial charge in [-0.15, -0.1) is 0 Å². The van der Waals surface area contributed by atoms with Crippen LogP contribution >= 0.6 is 0 Å². The lowest BCUT2D eigenvalue weighted by Gasteiger charge is -2.34. The first-order valence-corrected chi connectivity index (χ1v) is 9.17. The Balaban J connectivity index is 1.56. The molecule has 6 nitrogen and oxygen atoms in total. The molecule has 1 aromatic carbocycles. The number of halogens is 1. The summed E-state index contributed by atoms with van der Waals surface area (Å²) in [7, 11) is 3.63. The zero-order valence-corrected chi connectivity index (χ0v) is 15.8. The van der Waals surface area contributed by atoms with Gasteiger partial charge in [0.25, 0.3) is 0 Å². The van der Waals surface area contributed by atoms with Crippen molar-refractivity contribution < 1.29 is 14.0 Å². The van der Waals surface area contributed by atoms with Crippen LogP contribution in [0.4, 0.5) is 4.39 Å². The molecule has 0 unspecified atom stereocenters. The van der Waals surface area contributed by atoms with Crippen molar-refractivity contribution in [1.82, 2.24) is 19.6 Å². The highest BCUT2D eigenvalue weighted by atomic mass is 19.1. The molecule has 2 amide bonds. The van der Waals surface area contributed by atoms with Crippen molar-refractivity contribution in [1.29, 1.82) is 0 Å². The number of benzene rings is 1. The number of carbonyl (C=O) groups is 2. The van der Waals surface area contributed by atoms with Gasteiger partial charge in [-0.3, -0.25) is 14.3 Å². The van der Waals surface area contributed by atoms with E-state index >= 15 is 0 Å². The van der Waals surface area contributed by atoms with Gasteiger partial charge in [0.1, 0.15) is 5.82 Å². The summed E-state index contributed by atoms with van der Waals surface area (Å²) in [5.74, 6) is -0.462. The third kappa shape index (κ3) is 4.93. The molecule has 1 saturated heterocycles. The minimum absolute atomic E-state index is 0.0194. The average Bonchev–Trinajstić information content (AvgIpc) is 3.07. The Labute approximate surface area is 158 Å². The van der Waals surface area contributed by atoms with Gasteiger partial charge in [-0.1, -0.05) is 12.1 Å². The standard InChI is InChI=1S/C20H25FN4O2/c1-23(12-16-11-22-24(2)13-16)20(27)17-4-3-9-25(14-17)19(26)10-15-5-7-18(21)8-6-15/h5-8,11,13,17H,3-4,9-10,12,14H2,1-2H3/t17-/m1/s1. The number of amides is 2. The highest BCUT2D eigenvalue weighted by Crippen LogP contribution is 2.20. The van der Waals surface area contributed by atoms with Gasteiger partial charge in [0.15, 0.2) is 0 Å². The highest BCUT2D eigenvalue weighted by molar-refractivity contribution is 5.82. The first-order chi connectivity index (χ1) is 12.9. The molecule has 2 aromatic rings. The van der Waals surface area contributed by atoms with Gasteiger partial charge in [0.05, 0.1) is 18.5 Å². The number of aromatic nitrogens is 2. The predicted molar refractivity (Wildman–Crippen MR) is 99.1 cm³/mol. The molecule has 0 bridgehead atoms. The summed E-state index contributed by atoms with van der Waals surface area (Å²) >= 11 is 0. The molecule has 0 spiro atoms. The van der Waals surface area contributed by atoms with Crippen molar-refractivity contribution in [2.24, 2.45) is 13.0 Å². The van der Waals surface area contributed by atoms with Crippen LogP contribution in [0.2, 0.25) is 0 Å². The second-order valence-corrected chi connectivity index (χ2v) is 7.20. The first-order valence-electron chi connectivity index (χ1n) is 9.17. The lowest BCUT2D eigenvalue weighted by molar-refractivity contribution is -0.140. The number of piperidine rings is 1. The summed E-state index contributed by atoms with van der Waals surface area (Å²) in [6, 6.07) is 5.97. The summed E-state index contributed by atoms with van der Waals surface area (Å²) in [4.78, 5) is 28.8. The lowest BCUT2D eigenvalue weighted by Crippen LogP contribution is -2.46. The lowest BCUT2D eigenvalue weighted by atomic mass is 9.96. The quantitative estimate of drug-likeness (QED) is 0.807. The highest BCUT2D eigenvalue weighted by Gasteiger charge is 2.30. The van der Waals surface area contributed by atoms with Crippen LogP contribution in [0.5, 0.6) is 0 Å². The molecule has 3 rings (SSSR count). The minimum Gasteiger partial charge on any atom is -0.342 e. The average molecular weight is 372 g/mol. The van der Waals surface area contributed by atoms with E-state index in [1.54, 1.807) is 39.9 Å². The molecule has 0 radical (unpaired) electrons. The molecule has 0 saturated carbocycles. The largest absolute Gasteiger partial charge is 0.342 e. The first kappa shape index (κ1) is 19.1. The molecule has 27 heavy (non-hydrogen) atoms. The molecule has 0 N–H and O–H groups in total. The maximum Gasteiger partial charge on any atom is 0.227 e. The van der Waals surface area contributed by atoms with Crippen LogP contribution in [-0.4, -0.2) is 51.5 Å². The molecule has 1 fully saturated rings. The molecule has 1 aromatic heterocycles. The van der Waals surface area contributed by atoms with Crippen LogP contribution in [0.1, 0.15) is 24.0 Å². The number of hydrogen-bond donors (Lipinski definition) is 0. The fourth-order valence-corrected chi connectivity index (χ4v) is 3.51. The van der Waals surface area contributed by atoms with Gasteiger partial charge >= 0.3 is 0 Å². The Hall–Kier alpha value is -2.70. The van der Waals surface area contributed by atoms with Crippen LogP contribution in [0, 0.1) is 11.7 Å². The Bertz CT molecular complexity index is 803. The van der Waals surface area contributed by atoms with E-state index in [1.165, 1.54) is 12.1 Å². The molecule has 2 heterocycles. The summed E-state index contributed by atoms with van der Waals surface area (Å²) < 4.78 is 14.7. The normalized spacial score (nSPS) is 17.0. The molecular formula is C20H25FN4O2. The summed E-state index contributed by atoms with van der Waals surface area (Å²) in [6.07, 6.45) is 5.47. The Morgan fingerprint density at radius 3 is 2.67 bits per heavy atom. The van der Waals surface area contributed by atoms with Crippen LogP contribution in [-0.2, 0) is 29.6 Å². The van der Waals surface area contributed by atoms with E-state index in [2.05, 4.69) is 5.10 Å². The zero-order chi connectivity index (χ0) is 19.4. The zero-order valence-electron chi connectivity index (χ0n) is 15.8. The third-order valence-electron chi connectivity index (χ3n) is 4.95. The molecule has 0 aliphatic carbocycles. The van der Waals surface area contributed by atoms with E-state index in [-0.39, 0.29) is 30.0 Å². The summed E-state index contributed by atoms with van der Waals surface area (Å²) in [5, 5.41) is 4.12. The van der Waals surface area contributed by atoms with Gasteiger partial charge in [0, 0.05) is 45.5 Å². The van der Waals surface area contributed by atoms with E-state index in [4.69, 9.17) is 0 Å². The third-order valence-corrected chi connectivity index (χ3v) is 4.95. The van der Waals surface area contributed by atoms with Crippen molar-refractivity contribution >= 4 is 11.8 Å². The number of aryl methyl sites for hydroxylation is 1. The van der Waals surface area contributed by atoms with Crippen molar-refractivity contribution in [2.75, 3.05) is 20.1 Å². The fraction of sp³-hybridized carbons (Fsp3) is 0.450. The second kappa shape index (κ2) is 8.33. The van der Waals surface area contributed by atoms with Crippen LogP contribution in [0.25, 0.3) is 0 Å². The van der Waals surface area contributed by atoms with Crippen LogP contribution in [0.15, 0.2) is 36.7 Å². The smallest absolute Gasteiger partial charge is 0.227 e. The van der Waals surface area contributed by atoms with Gasteiger partial charge in [-0.05, 0) is 30.5 Å². The summed E-state index contributed by atoms with van der Waals surface area (Å²) in [5.41, 5.74) is 1.76. The van der Waals surface area contributed by atoms with Gasteiger partial charge in [-0.2, -0.15) is 5.10 Å². The Morgan fingerprint density at radius 2 is 2.00 bits per heavy atom. The number of hydrogen-bond acceptors (Lipinski definition) is 3. The van der Waals surface area contributed by atoms with Crippen molar-refractivity contribution in [3.8, 4) is 0 Å². The predicted octanol–water partition coefficient (Wildman–Crippen LogP) is 2.00. The molecule has 1 aliphatic heterocycles. The number of likely N-dealkylation sites (tertiary alicyclic amines) is 1. The van der Waals surface area contributed by atoms with Gasteiger partial charge < -0.3 is 9.80 Å². The maximum absolute atomic E-state index is 13.0. The van der Waals surface area contributed by atoms with E-state index in [1.807, 2.05) is 13.2 Å². The maximum atomic E-state index is 13.0. The van der Waals surface area contributed by atoms with E-state index < -0.39 is 0 Å².